The lowest BCUT2D eigenvalue weighted by Gasteiger charge is -2.25. The molecule has 3 aromatic carbocycles. The molecule has 5 heteroatoms. The van der Waals surface area contributed by atoms with Crippen LogP contribution in [-0.2, 0) is 11.8 Å². The van der Waals surface area contributed by atoms with E-state index in [1.807, 2.05) is 60.7 Å². The van der Waals surface area contributed by atoms with Crippen LogP contribution >= 0.6 is 0 Å². The maximum atomic E-state index is 11.7. The second-order valence-corrected chi connectivity index (χ2v) is 6.82. The number of benzene rings is 3. The first-order valence-electron chi connectivity index (χ1n) is 9.79. The van der Waals surface area contributed by atoms with Gasteiger partial charge >= 0.3 is 5.97 Å². The highest BCUT2D eigenvalue weighted by atomic mass is 16.5. The molecule has 0 N–H and O–H groups in total. The number of hydrogen-bond acceptors (Lipinski definition) is 4. The van der Waals surface area contributed by atoms with Crippen molar-refractivity contribution >= 4 is 23.0 Å². The van der Waals surface area contributed by atoms with Crippen molar-refractivity contribution in [3.8, 4) is 11.8 Å². The molecule has 0 radical (unpaired) electrons. The monoisotopic (exact) mass is 407 g/mol. The van der Waals surface area contributed by atoms with Crippen LogP contribution in [0.25, 0.3) is 0 Å². The molecule has 31 heavy (non-hydrogen) atoms. The van der Waals surface area contributed by atoms with Gasteiger partial charge in [0.1, 0.15) is 5.69 Å². The predicted octanol–water partition coefficient (Wildman–Crippen LogP) is 5.08. The van der Waals surface area contributed by atoms with Gasteiger partial charge in [0.25, 0.3) is 0 Å². The number of esters is 1. The zero-order valence-electron chi connectivity index (χ0n) is 17.3. The summed E-state index contributed by atoms with van der Waals surface area (Å²) in [5, 5.41) is 0. The van der Waals surface area contributed by atoms with E-state index in [1.54, 1.807) is 17.8 Å². The molecule has 0 bridgehead atoms. The highest BCUT2D eigenvalue weighted by Crippen LogP contribution is 2.33. The van der Waals surface area contributed by atoms with Gasteiger partial charge in [-0.05, 0) is 54.5 Å². The maximum absolute atomic E-state index is 11.7. The number of ether oxygens (including phenoxy) is 1. The van der Waals surface area contributed by atoms with Crippen molar-refractivity contribution in [1.29, 1.82) is 0 Å². The minimum atomic E-state index is -0.484. The van der Waals surface area contributed by atoms with Gasteiger partial charge in [-0.25, -0.2) is 9.78 Å². The number of aromatic nitrogens is 2. The molecule has 1 aromatic heterocycles. The Bertz CT molecular complexity index is 1200. The summed E-state index contributed by atoms with van der Waals surface area (Å²) in [4.78, 5) is 18.0. The Kier molecular flexibility index (Phi) is 5.82. The van der Waals surface area contributed by atoms with Gasteiger partial charge in [-0.15, -0.1) is 0 Å². The summed E-state index contributed by atoms with van der Waals surface area (Å²) in [7, 11) is 3.07. The van der Waals surface area contributed by atoms with Gasteiger partial charge in [-0.1, -0.05) is 42.3 Å². The lowest BCUT2D eigenvalue weighted by atomic mass is 10.1. The maximum Gasteiger partial charge on any atom is 0.374 e. The number of imidazole rings is 1. The lowest BCUT2D eigenvalue weighted by Crippen LogP contribution is -2.10. The van der Waals surface area contributed by atoms with Gasteiger partial charge in [-0.3, -0.25) is 0 Å². The molecule has 1 heterocycles. The van der Waals surface area contributed by atoms with Crippen molar-refractivity contribution in [2.24, 2.45) is 7.05 Å². The third-order valence-electron chi connectivity index (χ3n) is 4.85. The molecule has 0 atom stereocenters. The quantitative estimate of drug-likeness (QED) is 0.350. The number of carbonyl (C=O) groups is 1. The van der Waals surface area contributed by atoms with E-state index in [2.05, 4.69) is 46.0 Å². The number of hydrogen-bond donors (Lipinski definition) is 0. The fourth-order valence-electron chi connectivity index (χ4n) is 3.24. The number of nitrogens with zero attached hydrogens (tertiary/aromatic N) is 3. The minimum absolute atomic E-state index is 0.225. The zero-order valence-corrected chi connectivity index (χ0v) is 17.3. The summed E-state index contributed by atoms with van der Waals surface area (Å²) < 4.78 is 6.35. The summed E-state index contributed by atoms with van der Waals surface area (Å²) in [6.45, 7) is 0. The highest BCUT2D eigenvalue weighted by Gasteiger charge is 2.14. The van der Waals surface area contributed by atoms with Crippen molar-refractivity contribution in [2.45, 2.75) is 0 Å². The molecule has 0 amide bonds. The SMILES string of the molecule is COC(=O)c1ncc(C#Cc2ccc(N(c3ccccc3)c3ccccc3)cc2)n1C. The van der Waals surface area contributed by atoms with Crippen LogP contribution in [-0.4, -0.2) is 22.6 Å². The van der Waals surface area contributed by atoms with E-state index >= 15 is 0 Å². The normalized spacial score (nSPS) is 10.1. The van der Waals surface area contributed by atoms with Crippen LogP contribution in [0.4, 0.5) is 17.1 Å². The number of rotatable bonds is 4. The van der Waals surface area contributed by atoms with Crippen molar-refractivity contribution < 1.29 is 9.53 Å². The van der Waals surface area contributed by atoms with E-state index in [1.165, 1.54) is 7.11 Å². The largest absolute Gasteiger partial charge is 0.463 e. The second kappa shape index (κ2) is 9.02. The first-order valence-corrected chi connectivity index (χ1v) is 9.79. The Hall–Kier alpha value is -4.30. The van der Waals surface area contributed by atoms with E-state index < -0.39 is 5.97 Å². The molecule has 0 fully saturated rings. The highest BCUT2D eigenvalue weighted by molar-refractivity contribution is 5.85. The van der Waals surface area contributed by atoms with Gasteiger partial charge in [0.2, 0.25) is 5.82 Å². The Labute approximate surface area is 181 Å². The fraction of sp³-hybridized carbons (Fsp3) is 0.0769. The van der Waals surface area contributed by atoms with Crippen LogP contribution < -0.4 is 4.90 Å². The summed E-state index contributed by atoms with van der Waals surface area (Å²) in [6.07, 6.45) is 1.57. The van der Waals surface area contributed by atoms with Gasteiger partial charge in [-0.2, -0.15) is 0 Å². The minimum Gasteiger partial charge on any atom is -0.463 e. The van der Waals surface area contributed by atoms with Crippen molar-refractivity contribution in [2.75, 3.05) is 12.0 Å². The molecule has 0 unspecified atom stereocenters. The van der Waals surface area contributed by atoms with E-state index in [0.717, 1.165) is 22.6 Å². The van der Waals surface area contributed by atoms with Crippen LogP contribution in [0.3, 0.4) is 0 Å². The molecule has 0 saturated heterocycles. The molecule has 0 spiro atoms. The number of carbonyl (C=O) groups excluding carboxylic acids is 1. The summed E-state index contributed by atoms with van der Waals surface area (Å²) in [5.41, 5.74) is 4.71. The molecule has 152 valence electrons. The Morgan fingerprint density at radius 2 is 1.39 bits per heavy atom. The predicted molar refractivity (Wildman–Crippen MR) is 122 cm³/mol. The van der Waals surface area contributed by atoms with Crippen molar-refractivity contribution in [1.82, 2.24) is 9.55 Å². The van der Waals surface area contributed by atoms with Crippen LogP contribution in [0.5, 0.6) is 0 Å². The number of methoxy groups -OCH3 is 1. The number of para-hydroxylation sites is 2. The lowest BCUT2D eigenvalue weighted by molar-refractivity contribution is 0.0582. The Morgan fingerprint density at radius 3 is 1.94 bits per heavy atom. The van der Waals surface area contributed by atoms with Crippen LogP contribution in [0.2, 0.25) is 0 Å². The molecule has 0 aliphatic rings. The molecular weight excluding hydrogens is 386 g/mol. The fourth-order valence-corrected chi connectivity index (χ4v) is 3.24. The van der Waals surface area contributed by atoms with Gasteiger partial charge in [0.15, 0.2) is 0 Å². The van der Waals surface area contributed by atoms with Crippen molar-refractivity contribution in [3.05, 3.63) is 108 Å². The van der Waals surface area contributed by atoms with E-state index in [4.69, 9.17) is 4.74 Å². The van der Waals surface area contributed by atoms with Crippen molar-refractivity contribution in [3.63, 3.8) is 0 Å². The molecule has 0 aliphatic heterocycles. The first kappa shape index (κ1) is 20.0. The third kappa shape index (κ3) is 4.34. The average Bonchev–Trinajstić information content (AvgIpc) is 3.20. The third-order valence-corrected chi connectivity index (χ3v) is 4.85. The van der Waals surface area contributed by atoms with E-state index in [-0.39, 0.29) is 5.82 Å². The summed E-state index contributed by atoms with van der Waals surface area (Å²) in [6, 6.07) is 28.5. The van der Waals surface area contributed by atoms with Gasteiger partial charge in [0.05, 0.1) is 13.3 Å². The van der Waals surface area contributed by atoms with Gasteiger partial charge < -0.3 is 14.2 Å². The molecule has 4 rings (SSSR count). The smallest absolute Gasteiger partial charge is 0.374 e. The zero-order chi connectivity index (χ0) is 21.6. The summed E-state index contributed by atoms with van der Waals surface area (Å²) >= 11 is 0. The number of anilines is 3. The van der Waals surface area contributed by atoms with Crippen LogP contribution in [0, 0.1) is 11.8 Å². The standard InChI is InChI=1S/C26H21N3O2/c1-28-24(19-27-25(28)26(30)31-2)18-15-20-13-16-23(17-14-20)29(21-9-5-3-6-10-21)22-11-7-4-8-12-22/h3-14,16-17,19H,1-2H3. The molecule has 0 aliphatic carbocycles. The molecule has 0 saturated carbocycles. The molecule has 5 nitrogen and oxygen atoms in total. The van der Waals surface area contributed by atoms with Crippen LogP contribution in [0.1, 0.15) is 21.9 Å². The second-order valence-electron chi connectivity index (χ2n) is 6.82. The van der Waals surface area contributed by atoms with Gasteiger partial charge in [0, 0.05) is 29.7 Å². The molecular formula is C26H21N3O2. The van der Waals surface area contributed by atoms with Crippen LogP contribution in [0.15, 0.2) is 91.1 Å². The Morgan fingerprint density at radius 1 is 0.839 bits per heavy atom. The Balaban J connectivity index is 1.63. The van der Waals surface area contributed by atoms with E-state index in [0.29, 0.717) is 5.69 Å². The molecule has 4 aromatic rings. The van der Waals surface area contributed by atoms with E-state index in [9.17, 15) is 4.79 Å². The summed E-state index contributed by atoms with van der Waals surface area (Å²) in [5.74, 6) is 5.95. The first-order chi connectivity index (χ1) is 15.2. The average molecular weight is 407 g/mol. The topological polar surface area (TPSA) is 47.4 Å².